The molecule has 0 atom stereocenters. The highest BCUT2D eigenvalue weighted by Gasteiger charge is 2.08. The highest BCUT2D eigenvalue weighted by molar-refractivity contribution is 7.89. The molecular formula is C7H11N3O3S. The fraction of sp³-hybridized carbons (Fsp3) is 0.429. The molecule has 0 unspecified atom stereocenters. The minimum Gasteiger partial charge on any atom is -0.395 e. The number of nitrogens with one attached hydrogen (secondary N) is 1. The molecule has 2 N–H and O–H groups in total. The van der Waals surface area contributed by atoms with Crippen LogP contribution >= 0.6 is 0 Å². The van der Waals surface area contributed by atoms with E-state index in [0.717, 1.165) is 0 Å². The Morgan fingerprint density at radius 1 is 1.50 bits per heavy atom. The summed E-state index contributed by atoms with van der Waals surface area (Å²) in [5.41, 5.74) is 0.536. The quantitative estimate of drug-likeness (QED) is 0.652. The van der Waals surface area contributed by atoms with Crippen molar-refractivity contribution in [1.29, 1.82) is 0 Å². The van der Waals surface area contributed by atoms with Crippen LogP contribution in [-0.4, -0.2) is 36.1 Å². The number of nitrogens with zero attached hydrogens (tertiary/aromatic N) is 2. The van der Waals surface area contributed by atoms with E-state index in [-0.39, 0.29) is 12.3 Å². The van der Waals surface area contributed by atoms with Crippen molar-refractivity contribution in [2.24, 2.45) is 0 Å². The largest absolute Gasteiger partial charge is 0.395 e. The van der Waals surface area contributed by atoms with Gasteiger partial charge in [-0.3, -0.25) is 0 Å². The minimum atomic E-state index is -3.40. The van der Waals surface area contributed by atoms with E-state index in [1.807, 2.05) is 0 Å². The normalized spacial score (nSPS) is 11.5. The molecule has 0 aromatic carbocycles. The summed E-state index contributed by atoms with van der Waals surface area (Å²) in [6.45, 7) is -0.300. The van der Waals surface area contributed by atoms with Crippen molar-refractivity contribution in [3.63, 3.8) is 0 Å². The van der Waals surface area contributed by atoms with Crippen LogP contribution in [0.4, 0.5) is 0 Å². The Bertz CT molecular complexity index is 365. The third kappa shape index (κ3) is 3.77. The number of aliphatic hydroxyl groups is 1. The Morgan fingerprint density at radius 3 is 2.86 bits per heavy atom. The SMILES string of the molecule is O=S(=O)(CCO)NCc1cccnn1. The van der Waals surface area contributed by atoms with Crippen molar-refractivity contribution in [3.05, 3.63) is 24.0 Å². The summed E-state index contributed by atoms with van der Waals surface area (Å²) in [6.07, 6.45) is 1.51. The number of aromatic nitrogens is 2. The lowest BCUT2D eigenvalue weighted by Gasteiger charge is -2.03. The summed E-state index contributed by atoms with van der Waals surface area (Å²) < 4.78 is 24.5. The van der Waals surface area contributed by atoms with Gasteiger partial charge >= 0.3 is 0 Å². The Hall–Kier alpha value is -1.05. The van der Waals surface area contributed by atoms with Crippen molar-refractivity contribution >= 4 is 10.0 Å². The molecule has 0 aliphatic carbocycles. The van der Waals surface area contributed by atoms with Crippen LogP contribution < -0.4 is 4.72 Å². The van der Waals surface area contributed by atoms with E-state index in [1.54, 1.807) is 12.1 Å². The molecule has 1 heterocycles. The van der Waals surface area contributed by atoms with Crippen LogP contribution in [-0.2, 0) is 16.6 Å². The third-order valence-electron chi connectivity index (χ3n) is 1.46. The summed E-state index contributed by atoms with van der Waals surface area (Å²) >= 11 is 0. The van der Waals surface area contributed by atoms with Crippen molar-refractivity contribution in [2.75, 3.05) is 12.4 Å². The molecule has 78 valence electrons. The minimum absolute atomic E-state index is 0.0934. The molecule has 14 heavy (non-hydrogen) atoms. The van der Waals surface area contributed by atoms with Crippen LogP contribution in [0.1, 0.15) is 5.69 Å². The Balaban J connectivity index is 2.49. The average molecular weight is 217 g/mol. The standard InChI is InChI=1S/C7H11N3O3S/c11-4-5-14(12,13)9-6-7-2-1-3-8-10-7/h1-3,9,11H,4-6H2. The molecule has 7 heteroatoms. The predicted molar refractivity (Wildman–Crippen MR) is 49.7 cm³/mol. The van der Waals surface area contributed by atoms with E-state index < -0.39 is 16.6 Å². The number of aliphatic hydroxyl groups excluding tert-OH is 1. The molecule has 0 saturated carbocycles. The van der Waals surface area contributed by atoms with Gasteiger partial charge in [-0.2, -0.15) is 10.2 Å². The summed E-state index contributed by atoms with van der Waals surface area (Å²) in [6, 6.07) is 3.33. The highest BCUT2D eigenvalue weighted by atomic mass is 32.2. The van der Waals surface area contributed by atoms with Crippen molar-refractivity contribution < 1.29 is 13.5 Å². The van der Waals surface area contributed by atoms with Gasteiger partial charge in [0.1, 0.15) is 0 Å². The molecule has 0 aliphatic heterocycles. The second kappa shape index (κ2) is 4.99. The Kier molecular flexibility index (Phi) is 3.93. The van der Waals surface area contributed by atoms with E-state index in [2.05, 4.69) is 14.9 Å². The number of hydrogen-bond donors (Lipinski definition) is 2. The van der Waals surface area contributed by atoms with Crippen LogP contribution in [0.5, 0.6) is 0 Å². The van der Waals surface area contributed by atoms with Gasteiger partial charge in [-0.15, -0.1) is 0 Å². The number of hydrogen-bond acceptors (Lipinski definition) is 5. The van der Waals surface area contributed by atoms with Crippen LogP contribution in [0.15, 0.2) is 18.3 Å². The Labute approximate surface area is 82.0 Å². The molecule has 0 saturated heterocycles. The fourth-order valence-electron chi connectivity index (χ4n) is 0.804. The summed E-state index contributed by atoms with van der Waals surface area (Å²) in [7, 11) is -3.40. The first-order valence-electron chi connectivity index (χ1n) is 3.99. The zero-order valence-electron chi connectivity index (χ0n) is 7.42. The zero-order valence-corrected chi connectivity index (χ0v) is 8.24. The molecule has 6 nitrogen and oxygen atoms in total. The summed E-state index contributed by atoms with van der Waals surface area (Å²) in [5.74, 6) is -0.298. The molecule has 0 radical (unpaired) electrons. The van der Waals surface area contributed by atoms with Gasteiger partial charge in [0.05, 0.1) is 24.6 Å². The maximum absolute atomic E-state index is 11.1. The molecule has 0 amide bonds. The Morgan fingerprint density at radius 2 is 2.29 bits per heavy atom. The third-order valence-corrected chi connectivity index (χ3v) is 2.76. The summed E-state index contributed by atoms with van der Waals surface area (Å²) in [5, 5.41) is 15.8. The fourth-order valence-corrected chi connectivity index (χ4v) is 1.56. The molecule has 1 aromatic heterocycles. The van der Waals surface area contributed by atoms with Crippen molar-refractivity contribution in [2.45, 2.75) is 6.54 Å². The van der Waals surface area contributed by atoms with E-state index in [1.165, 1.54) is 6.20 Å². The molecule has 0 fully saturated rings. The molecular weight excluding hydrogens is 206 g/mol. The van der Waals surface area contributed by atoms with Gasteiger partial charge in [0.15, 0.2) is 0 Å². The molecule has 1 rings (SSSR count). The van der Waals surface area contributed by atoms with Gasteiger partial charge in [-0.25, -0.2) is 13.1 Å². The van der Waals surface area contributed by atoms with Crippen LogP contribution in [0.2, 0.25) is 0 Å². The second-order valence-electron chi connectivity index (χ2n) is 2.58. The monoisotopic (exact) mass is 217 g/mol. The summed E-state index contributed by atoms with van der Waals surface area (Å²) in [4.78, 5) is 0. The first-order valence-corrected chi connectivity index (χ1v) is 5.64. The lowest BCUT2D eigenvalue weighted by molar-refractivity contribution is 0.319. The maximum atomic E-state index is 11.1. The van der Waals surface area contributed by atoms with E-state index in [0.29, 0.717) is 5.69 Å². The van der Waals surface area contributed by atoms with E-state index in [9.17, 15) is 8.42 Å². The lowest BCUT2D eigenvalue weighted by Crippen LogP contribution is -2.27. The van der Waals surface area contributed by atoms with Crippen LogP contribution in [0.3, 0.4) is 0 Å². The zero-order chi connectivity index (χ0) is 10.4. The predicted octanol–water partition coefficient (Wildman–Crippen LogP) is -1.11. The van der Waals surface area contributed by atoms with E-state index >= 15 is 0 Å². The topological polar surface area (TPSA) is 92.2 Å². The lowest BCUT2D eigenvalue weighted by atomic mass is 10.4. The van der Waals surface area contributed by atoms with Crippen molar-refractivity contribution in [1.82, 2.24) is 14.9 Å². The molecule has 1 aromatic rings. The first kappa shape index (κ1) is 11.0. The van der Waals surface area contributed by atoms with Gasteiger partial charge in [0.2, 0.25) is 10.0 Å². The van der Waals surface area contributed by atoms with Crippen LogP contribution in [0, 0.1) is 0 Å². The van der Waals surface area contributed by atoms with Gasteiger partial charge in [-0.1, -0.05) is 0 Å². The van der Waals surface area contributed by atoms with Crippen LogP contribution in [0.25, 0.3) is 0 Å². The van der Waals surface area contributed by atoms with Gasteiger partial charge in [-0.05, 0) is 12.1 Å². The number of sulfonamides is 1. The second-order valence-corrected chi connectivity index (χ2v) is 4.51. The van der Waals surface area contributed by atoms with Gasteiger partial charge < -0.3 is 5.11 Å². The van der Waals surface area contributed by atoms with Crippen molar-refractivity contribution in [3.8, 4) is 0 Å². The highest BCUT2D eigenvalue weighted by Crippen LogP contribution is 1.92. The maximum Gasteiger partial charge on any atom is 0.214 e. The van der Waals surface area contributed by atoms with E-state index in [4.69, 9.17) is 5.11 Å². The first-order chi connectivity index (χ1) is 6.64. The molecule has 0 aliphatic rings. The average Bonchev–Trinajstić information content (AvgIpc) is 2.17. The molecule has 0 bridgehead atoms. The van der Waals surface area contributed by atoms with Gasteiger partial charge in [0, 0.05) is 6.20 Å². The van der Waals surface area contributed by atoms with Gasteiger partial charge in [0.25, 0.3) is 0 Å². The number of rotatable bonds is 5. The smallest absolute Gasteiger partial charge is 0.214 e. The molecule has 0 spiro atoms.